The number of hydrogen-bond acceptors (Lipinski definition) is 6. The van der Waals surface area contributed by atoms with Crippen molar-refractivity contribution in [3.8, 4) is 11.3 Å². The molecule has 0 bridgehead atoms. The predicted octanol–water partition coefficient (Wildman–Crippen LogP) is 3.09. The summed E-state index contributed by atoms with van der Waals surface area (Å²) in [5.74, 6) is -0.499. The maximum atomic E-state index is 13.8. The van der Waals surface area contributed by atoms with Crippen LogP contribution in [0.4, 0.5) is 0 Å². The van der Waals surface area contributed by atoms with E-state index in [1.807, 2.05) is 44.2 Å². The summed E-state index contributed by atoms with van der Waals surface area (Å²) in [6.07, 6.45) is 0.335. The fourth-order valence-electron chi connectivity index (χ4n) is 4.05. The molecule has 3 aromatic rings. The van der Waals surface area contributed by atoms with Gasteiger partial charge in [-0.15, -0.1) is 5.10 Å². The summed E-state index contributed by atoms with van der Waals surface area (Å²) < 4.78 is 35.4. The highest BCUT2D eigenvalue weighted by molar-refractivity contribution is 7.89. The smallest absolute Gasteiger partial charge is 0.324 e. The van der Waals surface area contributed by atoms with Crippen LogP contribution in [0.15, 0.2) is 59.5 Å². The van der Waals surface area contributed by atoms with Crippen molar-refractivity contribution in [2.45, 2.75) is 44.3 Å². The minimum absolute atomic E-state index is 0.0619. The van der Waals surface area contributed by atoms with Crippen molar-refractivity contribution in [2.24, 2.45) is 5.92 Å². The molecule has 0 aliphatic carbocycles. The first-order valence-corrected chi connectivity index (χ1v) is 11.9. The molecule has 9 heteroatoms. The van der Waals surface area contributed by atoms with Crippen molar-refractivity contribution in [1.82, 2.24) is 19.3 Å². The molecule has 0 amide bonds. The number of methoxy groups -OCH3 is 1. The minimum Gasteiger partial charge on any atom is -0.468 e. The maximum Gasteiger partial charge on any atom is 0.324 e. The van der Waals surface area contributed by atoms with Crippen molar-refractivity contribution in [2.75, 3.05) is 7.11 Å². The third kappa shape index (κ3) is 4.05. The van der Waals surface area contributed by atoms with Gasteiger partial charge in [0, 0.05) is 5.56 Å². The highest BCUT2D eigenvalue weighted by atomic mass is 32.2. The van der Waals surface area contributed by atoms with Crippen LogP contribution in [0.3, 0.4) is 0 Å². The summed E-state index contributed by atoms with van der Waals surface area (Å²) in [5.41, 5.74) is 2.70. The lowest BCUT2D eigenvalue weighted by Crippen LogP contribution is -2.45. The number of nitrogens with zero attached hydrogens (tertiary/aromatic N) is 4. The van der Waals surface area contributed by atoms with E-state index in [0.717, 1.165) is 5.56 Å². The van der Waals surface area contributed by atoms with Crippen LogP contribution in [0.2, 0.25) is 0 Å². The van der Waals surface area contributed by atoms with Crippen LogP contribution >= 0.6 is 0 Å². The number of carbonyl (C=O) groups is 1. The first kappa shape index (κ1) is 22.2. The zero-order valence-electron chi connectivity index (χ0n) is 18.3. The predicted molar refractivity (Wildman–Crippen MR) is 119 cm³/mol. The van der Waals surface area contributed by atoms with E-state index in [9.17, 15) is 13.2 Å². The van der Waals surface area contributed by atoms with Crippen LogP contribution in [0.1, 0.15) is 31.5 Å². The molecule has 0 unspecified atom stereocenters. The molecule has 8 nitrogen and oxygen atoms in total. The summed E-state index contributed by atoms with van der Waals surface area (Å²) in [7, 11) is -2.72. The third-order valence-electron chi connectivity index (χ3n) is 5.53. The highest BCUT2D eigenvalue weighted by Gasteiger charge is 2.42. The number of aromatic nitrogens is 3. The van der Waals surface area contributed by atoms with Crippen LogP contribution in [-0.4, -0.2) is 46.8 Å². The number of ether oxygens (including phenoxy) is 1. The molecule has 1 aromatic heterocycles. The van der Waals surface area contributed by atoms with Gasteiger partial charge in [0.05, 0.1) is 30.8 Å². The molecule has 1 aliphatic rings. The molecule has 0 N–H and O–H groups in total. The van der Waals surface area contributed by atoms with E-state index in [0.29, 0.717) is 29.9 Å². The molecule has 0 radical (unpaired) electrons. The number of rotatable bonds is 6. The number of sulfonamides is 1. The second-order valence-corrected chi connectivity index (χ2v) is 10.1. The normalized spacial score (nSPS) is 16.1. The largest absolute Gasteiger partial charge is 0.468 e. The van der Waals surface area contributed by atoms with E-state index in [1.54, 1.807) is 28.9 Å². The van der Waals surface area contributed by atoms with Crippen molar-refractivity contribution < 1.29 is 17.9 Å². The molecule has 2 heterocycles. The van der Waals surface area contributed by atoms with Gasteiger partial charge in [0.1, 0.15) is 11.7 Å². The quantitative estimate of drug-likeness (QED) is 0.531. The third-order valence-corrected chi connectivity index (χ3v) is 7.44. The lowest BCUT2D eigenvalue weighted by Gasteiger charge is -2.28. The first-order chi connectivity index (χ1) is 15.3. The Labute approximate surface area is 187 Å². The second kappa shape index (κ2) is 8.84. The Morgan fingerprint density at radius 1 is 1.09 bits per heavy atom. The van der Waals surface area contributed by atoms with E-state index < -0.39 is 22.0 Å². The van der Waals surface area contributed by atoms with Crippen LogP contribution in [-0.2, 0) is 32.6 Å². The van der Waals surface area contributed by atoms with Gasteiger partial charge in [-0.25, -0.2) is 13.1 Å². The van der Waals surface area contributed by atoms with Gasteiger partial charge >= 0.3 is 5.97 Å². The molecule has 0 fully saturated rings. The van der Waals surface area contributed by atoms with Gasteiger partial charge < -0.3 is 4.74 Å². The van der Waals surface area contributed by atoms with Crippen LogP contribution < -0.4 is 0 Å². The zero-order chi connectivity index (χ0) is 22.9. The molecule has 168 valence electrons. The van der Waals surface area contributed by atoms with Crippen LogP contribution in [0, 0.1) is 5.92 Å². The van der Waals surface area contributed by atoms with E-state index in [1.165, 1.54) is 11.4 Å². The lowest BCUT2D eigenvalue weighted by molar-refractivity contribution is -0.145. The summed E-state index contributed by atoms with van der Waals surface area (Å²) in [4.78, 5) is 12.8. The number of esters is 1. The number of carbonyl (C=O) groups excluding carboxylic acids is 1. The summed E-state index contributed by atoms with van der Waals surface area (Å²) in [5, 5.41) is 8.66. The average molecular weight is 455 g/mol. The summed E-state index contributed by atoms with van der Waals surface area (Å²) >= 11 is 0. The molecule has 0 saturated carbocycles. The van der Waals surface area contributed by atoms with E-state index in [2.05, 4.69) is 10.3 Å². The Bertz CT molecular complexity index is 1220. The van der Waals surface area contributed by atoms with Crippen molar-refractivity contribution in [3.63, 3.8) is 0 Å². The Balaban J connectivity index is 1.88. The average Bonchev–Trinajstić information content (AvgIpc) is 3.13. The molecule has 4 rings (SSSR count). The van der Waals surface area contributed by atoms with Crippen molar-refractivity contribution >= 4 is 16.0 Å². The first-order valence-electron chi connectivity index (χ1n) is 10.5. The van der Waals surface area contributed by atoms with E-state index in [4.69, 9.17) is 4.74 Å². The molecular weight excluding hydrogens is 428 g/mol. The van der Waals surface area contributed by atoms with Crippen LogP contribution in [0.25, 0.3) is 11.3 Å². The van der Waals surface area contributed by atoms with E-state index >= 15 is 0 Å². The Morgan fingerprint density at radius 2 is 1.78 bits per heavy atom. The van der Waals surface area contributed by atoms with E-state index in [-0.39, 0.29) is 17.4 Å². The van der Waals surface area contributed by atoms with Gasteiger partial charge in [0.25, 0.3) is 0 Å². The molecule has 0 spiro atoms. The Hall–Kier alpha value is -3.04. The molecule has 2 aromatic carbocycles. The van der Waals surface area contributed by atoms with Gasteiger partial charge in [-0.2, -0.15) is 4.31 Å². The van der Waals surface area contributed by atoms with Crippen LogP contribution in [0.5, 0.6) is 0 Å². The fourth-order valence-corrected chi connectivity index (χ4v) is 5.80. The topological polar surface area (TPSA) is 94.4 Å². The van der Waals surface area contributed by atoms with Crippen molar-refractivity contribution in [3.05, 3.63) is 65.9 Å². The molecule has 32 heavy (non-hydrogen) atoms. The maximum absolute atomic E-state index is 13.8. The molecular formula is C23H26N4O4S. The molecule has 1 atom stereocenters. The number of fused-ring (bicyclic) bond motifs is 3. The molecule has 1 aliphatic heterocycles. The van der Waals surface area contributed by atoms with Crippen molar-refractivity contribution in [1.29, 1.82) is 0 Å². The zero-order valence-corrected chi connectivity index (χ0v) is 19.1. The highest BCUT2D eigenvalue weighted by Crippen LogP contribution is 2.37. The minimum atomic E-state index is -4.00. The SMILES string of the molecule is COC(=O)[C@H](CC(C)C)N1Cc2nnn(Cc3ccccc3)c2-c2ccccc2S1(=O)=O. The lowest BCUT2D eigenvalue weighted by atomic mass is 10.0. The number of benzene rings is 2. The Morgan fingerprint density at radius 3 is 2.47 bits per heavy atom. The number of hydrogen-bond donors (Lipinski definition) is 0. The van der Waals surface area contributed by atoms with Gasteiger partial charge in [0.15, 0.2) is 0 Å². The molecule has 0 saturated heterocycles. The second-order valence-electron chi connectivity index (χ2n) is 8.24. The monoisotopic (exact) mass is 454 g/mol. The Kier molecular flexibility index (Phi) is 6.12. The van der Waals surface area contributed by atoms with Gasteiger partial charge in [-0.1, -0.05) is 67.6 Å². The van der Waals surface area contributed by atoms with Gasteiger partial charge in [-0.05, 0) is 24.0 Å². The standard InChI is InChI=1S/C23H26N4O4S/c1-16(2)13-20(23(28)31-3)27-15-19-22(18-11-7-8-12-21(18)32(27,29)30)26(25-24-19)14-17-9-5-4-6-10-17/h4-12,16,20H,13-15H2,1-3H3/t20-/m0/s1. The fraction of sp³-hybridized carbons (Fsp3) is 0.348. The van der Waals surface area contributed by atoms with Gasteiger partial charge in [-0.3, -0.25) is 4.79 Å². The van der Waals surface area contributed by atoms with Gasteiger partial charge in [0.2, 0.25) is 10.0 Å². The summed E-state index contributed by atoms with van der Waals surface area (Å²) in [6.45, 7) is 4.27. The summed E-state index contributed by atoms with van der Waals surface area (Å²) in [6, 6.07) is 15.6.